The van der Waals surface area contributed by atoms with Crippen molar-refractivity contribution in [3.8, 4) is 12.3 Å². The molecule has 74 valence electrons. The fraction of sp³-hybridized carbons (Fsp3) is 0.455. The summed E-state index contributed by atoms with van der Waals surface area (Å²) in [6, 6.07) is 0. The Balaban J connectivity index is 2.37. The number of imide groups is 1. The van der Waals surface area contributed by atoms with Gasteiger partial charge in [0.05, 0.1) is 0 Å². The molecule has 1 aliphatic rings. The summed E-state index contributed by atoms with van der Waals surface area (Å²) < 4.78 is 0. The van der Waals surface area contributed by atoms with E-state index in [1.165, 1.54) is 11.0 Å². The first-order valence-corrected chi connectivity index (χ1v) is 4.64. The molecule has 14 heavy (non-hydrogen) atoms. The predicted octanol–water partition coefficient (Wildman–Crippen LogP) is 1.10. The van der Waals surface area contributed by atoms with Crippen LogP contribution in [0.1, 0.15) is 26.2 Å². The van der Waals surface area contributed by atoms with Crippen molar-refractivity contribution in [2.24, 2.45) is 0 Å². The third-order valence-electron chi connectivity index (χ3n) is 2.14. The summed E-state index contributed by atoms with van der Waals surface area (Å²) >= 11 is 0. The summed E-state index contributed by atoms with van der Waals surface area (Å²) in [7, 11) is 0. The maximum atomic E-state index is 11.4. The van der Waals surface area contributed by atoms with E-state index in [0.29, 0.717) is 18.5 Å². The van der Waals surface area contributed by atoms with Gasteiger partial charge >= 0.3 is 0 Å². The van der Waals surface area contributed by atoms with Gasteiger partial charge in [0.2, 0.25) is 0 Å². The number of hydrogen-bond donors (Lipinski definition) is 0. The van der Waals surface area contributed by atoms with E-state index in [2.05, 4.69) is 5.92 Å². The number of carbonyl (C=O) groups excluding carboxylic acids is 2. The highest BCUT2D eigenvalue weighted by Crippen LogP contribution is 2.12. The van der Waals surface area contributed by atoms with E-state index in [1.54, 1.807) is 6.92 Å². The summed E-state index contributed by atoms with van der Waals surface area (Å²) in [4.78, 5) is 23.9. The number of carbonyl (C=O) groups is 2. The molecular formula is C11H13NO2. The average molecular weight is 191 g/mol. The molecule has 0 aliphatic carbocycles. The van der Waals surface area contributed by atoms with Gasteiger partial charge in [0.15, 0.2) is 0 Å². The largest absolute Gasteiger partial charge is 0.275 e. The molecule has 0 spiro atoms. The van der Waals surface area contributed by atoms with Crippen LogP contribution in [-0.2, 0) is 9.59 Å². The van der Waals surface area contributed by atoms with Crippen LogP contribution in [0.2, 0.25) is 0 Å². The molecular weight excluding hydrogens is 178 g/mol. The summed E-state index contributed by atoms with van der Waals surface area (Å²) in [6.07, 6.45) is 8.80. The summed E-state index contributed by atoms with van der Waals surface area (Å²) in [5.74, 6) is 2.15. The molecule has 3 nitrogen and oxygen atoms in total. The molecule has 0 aromatic heterocycles. The molecule has 0 aromatic rings. The average Bonchev–Trinajstić information content (AvgIpc) is 2.38. The molecule has 2 amide bonds. The van der Waals surface area contributed by atoms with Gasteiger partial charge in [-0.2, -0.15) is 0 Å². The van der Waals surface area contributed by atoms with Gasteiger partial charge in [-0.15, -0.1) is 12.3 Å². The van der Waals surface area contributed by atoms with Crippen molar-refractivity contribution in [1.29, 1.82) is 0 Å². The molecule has 0 aromatic carbocycles. The SMILES string of the molecule is C#CCCCCN1C(=O)C=C(C)C1=O. The lowest BCUT2D eigenvalue weighted by Crippen LogP contribution is -2.31. The minimum absolute atomic E-state index is 0.171. The molecule has 0 saturated heterocycles. The lowest BCUT2D eigenvalue weighted by Gasteiger charge is -2.13. The Labute approximate surface area is 83.8 Å². The van der Waals surface area contributed by atoms with Crippen LogP contribution in [0.3, 0.4) is 0 Å². The molecule has 1 heterocycles. The zero-order valence-corrected chi connectivity index (χ0v) is 8.25. The van der Waals surface area contributed by atoms with Crippen LogP contribution in [0, 0.1) is 12.3 Å². The number of unbranched alkanes of at least 4 members (excludes halogenated alkanes) is 2. The van der Waals surface area contributed by atoms with Crippen molar-refractivity contribution < 1.29 is 9.59 Å². The van der Waals surface area contributed by atoms with E-state index in [1.807, 2.05) is 0 Å². The molecule has 3 heteroatoms. The molecule has 0 unspecified atom stereocenters. The van der Waals surface area contributed by atoms with Gasteiger partial charge in [-0.05, 0) is 19.8 Å². The van der Waals surface area contributed by atoms with Gasteiger partial charge in [0.1, 0.15) is 0 Å². The Morgan fingerprint density at radius 1 is 1.43 bits per heavy atom. The minimum atomic E-state index is -0.201. The van der Waals surface area contributed by atoms with Crippen LogP contribution < -0.4 is 0 Å². The van der Waals surface area contributed by atoms with Gasteiger partial charge in [-0.25, -0.2) is 0 Å². The third-order valence-corrected chi connectivity index (χ3v) is 2.14. The van der Waals surface area contributed by atoms with Crippen LogP contribution in [0.15, 0.2) is 11.6 Å². The standard InChI is InChI=1S/C11H13NO2/c1-3-4-5-6-7-12-10(13)8-9(2)11(12)14/h1,8H,4-7H2,2H3. The smallest absolute Gasteiger partial charge is 0.256 e. The highest BCUT2D eigenvalue weighted by Gasteiger charge is 2.27. The molecule has 0 saturated carbocycles. The molecule has 1 aliphatic heterocycles. The zero-order chi connectivity index (χ0) is 10.6. The highest BCUT2D eigenvalue weighted by molar-refractivity contribution is 6.15. The summed E-state index contributed by atoms with van der Waals surface area (Å²) in [5.41, 5.74) is 0.520. The van der Waals surface area contributed by atoms with Crippen molar-refractivity contribution in [3.05, 3.63) is 11.6 Å². The first-order chi connectivity index (χ1) is 6.66. The number of amides is 2. The quantitative estimate of drug-likeness (QED) is 0.379. The lowest BCUT2D eigenvalue weighted by molar-refractivity contribution is -0.137. The van der Waals surface area contributed by atoms with Crippen LogP contribution in [0.5, 0.6) is 0 Å². The van der Waals surface area contributed by atoms with Gasteiger partial charge in [0.25, 0.3) is 11.8 Å². The molecule has 0 N–H and O–H groups in total. The number of terminal acetylenes is 1. The lowest BCUT2D eigenvalue weighted by atomic mass is 10.2. The number of nitrogens with zero attached hydrogens (tertiary/aromatic N) is 1. The van der Waals surface area contributed by atoms with Gasteiger partial charge < -0.3 is 0 Å². The Hall–Kier alpha value is -1.56. The summed E-state index contributed by atoms with van der Waals surface area (Å²) in [5, 5.41) is 0. The van der Waals surface area contributed by atoms with Gasteiger partial charge in [-0.3, -0.25) is 14.5 Å². The second-order valence-electron chi connectivity index (χ2n) is 3.28. The van der Waals surface area contributed by atoms with Crippen molar-refractivity contribution >= 4 is 11.8 Å². The molecule has 0 atom stereocenters. The van der Waals surface area contributed by atoms with Crippen molar-refractivity contribution in [3.63, 3.8) is 0 Å². The van der Waals surface area contributed by atoms with Crippen LogP contribution in [-0.4, -0.2) is 23.3 Å². The Bertz CT molecular complexity index is 323. The van der Waals surface area contributed by atoms with E-state index < -0.39 is 0 Å². The molecule has 0 fully saturated rings. The van der Waals surface area contributed by atoms with Crippen molar-refractivity contribution in [2.75, 3.05) is 6.54 Å². The van der Waals surface area contributed by atoms with Gasteiger partial charge in [-0.1, -0.05) is 0 Å². The maximum Gasteiger partial charge on any atom is 0.256 e. The Morgan fingerprint density at radius 3 is 2.64 bits per heavy atom. The van der Waals surface area contributed by atoms with E-state index in [4.69, 9.17) is 6.42 Å². The fourth-order valence-corrected chi connectivity index (χ4v) is 1.35. The van der Waals surface area contributed by atoms with E-state index in [9.17, 15) is 9.59 Å². The van der Waals surface area contributed by atoms with E-state index >= 15 is 0 Å². The molecule has 0 bridgehead atoms. The maximum absolute atomic E-state index is 11.4. The first kappa shape index (κ1) is 10.5. The Morgan fingerprint density at radius 2 is 2.14 bits per heavy atom. The van der Waals surface area contributed by atoms with Gasteiger partial charge in [0, 0.05) is 24.6 Å². The van der Waals surface area contributed by atoms with Crippen LogP contribution >= 0.6 is 0 Å². The monoisotopic (exact) mass is 191 g/mol. The third kappa shape index (κ3) is 2.23. The van der Waals surface area contributed by atoms with Crippen LogP contribution in [0.25, 0.3) is 0 Å². The van der Waals surface area contributed by atoms with E-state index in [0.717, 1.165) is 12.8 Å². The first-order valence-electron chi connectivity index (χ1n) is 4.64. The highest BCUT2D eigenvalue weighted by atomic mass is 16.2. The zero-order valence-electron chi connectivity index (χ0n) is 8.25. The number of rotatable bonds is 4. The summed E-state index contributed by atoms with van der Waals surface area (Å²) in [6.45, 7) is 2.13. The topological polar surface area (TPSA) is 37.4 Å². The van der Waals surface area contributed by atoms with Crippen molar-refractivity contribution in [1.82, 2.24) is 4.90 Å². The Kier molecular flexibility index (Phi) is 3.47. The predicted molar refractivity (Wildman–Crippen MR) is 53.2 cm³/mol. The molecule has 0 radical (unpaired) electrons. The fourth-order valence-electron chi connectivity index (χ4n) is 1.35. The second-order valence-corrected chi connectivity index (χ2v) is 3.28. The second kappa shape index (κ2) is 4.61. The van der Waals surface area contributed by atoms with Crippen LogP contribution in [0.4, 0.5) is 0 Å². The minimum Gasteiger partial charge on any atom is -0.275 e. The number of hydrogen-bond acceptors (Lipinski definition) is 2. The molecule has 1 rings (SSSR count). The normalized spacial score (nSPS) is 15.7. The van der Waals surface area contributed by atoms with Crippen molar-refractivity contribution in [2.45, 2.75) is 26.2 Å². The van der Waals surface area contributed by atoms with E-state index in [-0.39, 0.29) is 11.8 Å².